The van der Waals surface area contributed by atoms with E-state index in [1.165, 1.54) is 0 Å². The van der Waals surface area contributed by atoms with Crippen LogP contribution in [0.4, 0.5) is 0 Å². The highest BCUT2D eigenvalue weighted by Crippen LogP contribution is 2.24. The molecule has 0 fully saturated rings. The van der Waals surface area contributed by atoms with E-state index in [2.05, 4.69) is 26.1 Å². The molecule has 0 aliphatic carbocycles. The third kappa shape index (κ3) is 5.38. The van der Waals surface area contributed by atoms with Crippen LogP contribution >= 0.6 is 23.2 Å². The van der Waals surface area contributed by atoms with Crippen molar-refractivity contribution in [1.82, 2.24) is 5.32 Å². The lowest BCUT2D eigenvalue weighted by atomic mass is 10.1. The van der Waals surface area contributed by atoms with Gasteiger partial charge in [0, 0.05) is 22.7 Å². The Labute approximate surface area is 115 Å². The molecule has 0 aliphatic heterocycles. The molecule has 1 unspecified atom stereocenters. The first kappa shape index (κ1) is 15.0. The van der Waals surface area contributed by atoms with Crippen molar-refractivity contribution >= 4 is 34.0 Å². The molecule has 0 radical (unpaired) electrons. The average molecular weight is 294 g/mol. The standard InChI is InChI=1S/C12H17Cl2NOS/c1-12(2,3)15-6-7-17(16)9-4-5-10(13)11(14)8-9/h4-5,8,15H,6-7H2,1-3H3. The van der Waals surface area contributed by atoms with E-state index >= 15 is 0 Å². The van der Waals surface area contributed by atoms with Crippen molar-refractivity contribution in [2.75, 3.05) is 12.3 Å². The predicted octanol–water partition coefficient (Wildman–Crippen LogP) is 3.49. The quantitative estimate of drug-likeness (QED) is 0.921. The third-order valence-electron chi connectivity index (χ3n) is 2.10. The summed E-state index contributed by atoms with van der Waals surface area (Å²) in [4.78, 5) is 0.718. The summed E-state index contributed by atoms with van der Waals surface area (Å²) in [6.45, 7) is 6.94. The molecule has 1 N–H and O–H groups in total. The first-order valence-corrected chi connectivity index (χ1v) is 7.45. The van der Waals surface area contributed by atoms with Gasteiger partial charge in [-0.3, -0.25) is 4.21 Å². The summed E-state index contributed by atoms with van der Waals surface area (Å²) < 4.78 is 12.0. The van der Waals surface area contributed by atoms with Gasteiger partial charge < -0.3 is 5.32 Å². The maximum Gasteiger partial charge on any atom is 0.0604 e. The molecule has 17 heavy (non-hydrogen) atoms. The summed E-state index contributed by atoms with van der Waals surface area (Å²) in [5.41, 5.74) is 0.0435. The highest BCUT2D eigenvalue weighted by Gasteiger charge is 2.10. The molecule has 5 heteroatoms. The van der Waals surface area contributed by atoms with E-state index in [1.807, 2.05) is 0 Å². The molecule has 0 amide bonds. The van der Waals surface area contributed by atoms with Gasteiger partial charge in [0.25, 0.3) is 0 Å². The van der Waals surface area contributed by atoms with Gasteiger partial charge in [-0.25, -0.2) is 0 Å². The van der Waals surface area contributed by atoms with Crippen molar-refractivity contribution in [3.05, 3.63) is 28.2 Å². The lowest BCUT2D eigenvalue weighted by Gasteiger charge is -2.20. The molecule has 2 nitrogen and oxygen atoms in total. The molecule has 0 aliphatic rings. The fourth-order valence-corrected chi connectivity index (χ4v) is 2.61. The Morgan fingerprint density at radius 1 is 1.24 bits per heavy atom. The highest BCUT2D eigenvalue weighted by atomic mass is 35.5. The van der Waals surface area contributed by atoms with Gasteiger partial charge in [-0.05, 0) is 39.0 Å². The van der Waals surface area contributed by atoms with E-state index in [1.54, 1.807) is 18.2 Å². The van der Waals surface area contributed by atoms with Gasteiger partial charge in [-0.2, -0.15) is 0 Å². The maximum absolute atomic E-state index is 12.0. The molecule has 1 aromatic carbocycles. The topological polar surface area (TPSA) is 29.1 Å². The lowest BCUT2D eigenvalue weighted by molar-refractivity contribution is 0.440. The summed E-state index contributed by atoms with van der Waals surface area (Å²) >= 11 is 11.7. The van der Waals surface area contributed by atoms with E-state index < -0.39 is 10.8 Å². The average Bonchev–Trinajstić information content (AvgIpc) is 2.20. The molecule has 0 saturated carbocycles. The van der Waals surface area contributed by atoms with Crippen molar-refractivity contribution in [2.45, 2.75) is 31.2 Å². The van der Waals surface area contributed by atoms with E-state index in [4.69, 9.17) is 23.2 Å². The van der Waals surface area contributed by atoms with Gasteiger partial charge in [0.1, 0.15) is 0 Å². The van der Waals surface area contributed by atoms with E-state index in [0.717, 1.165) is 4.90 Å². The Kier molecular flexibility index (Phi) is 5.45. The Bertz CT molecular complexity index is 415. The first-order valence-electron chi connectivity index (χ1n) is 5.38. The summed E-state index contributed by atoms with van der Waals surface area (Å²) in [5, 5.41) is 4.23. The van der Waals surface area contributed by atoms with E-state index in [9.17, 15) is 4.21 Å². The van der Waals surface area contributed by atoms with Crippen LogP contribution in [0.15, 0.2) is 23.1 Å². The van der Waals surface area contributed by atoms with Gasteiger partial charge in [0.05, 0.1) is 20.8 Å². The second kappa shape index (κ2) is 6.19. The number of rotatable bonds is 4. The fourth-order valence-electron chi connectivity index (χ4n) is 1.26. The summed E-state index contributed by atoms with van der Waals surface area (Å²) in [6, 6.07) is 5.09. The minimum Gasteiger partial charge on any atom is -0.311 e. The van der Waals surface area contributed by atoms with Gasteiger partial charge in [0.2, 0.25) is 0 Å². The Morgan fingerprint density at radius 2 is 1.88 bits per heavy atom. The van der Waals surface area contributed by atoms with Crippen molar-refractivity contribution in [3.63, 3.8) is 0 Å². The van der Waals surface area contributed by atoms with Gasteiger partial charge >= 0.3 is 0 Å². The van der Waals surface area contributed by atoms with Crippen LogP contribution in [0.3, 0.4) is 0 Å². The van der Waals surface area contributed by atoms with Gasteiger partial charge in [-0.1, -0.05) is 23.2 Å². The van der Waals surface area contributed by atoms with Crippen LogP contribution in [0.5, 0.6) is 0 Å². The van der Waals surface area contributed by atoms with Crippen molar-refractivity contribution < 1.29 is 4.21 Å². The van der Waals surface area contributed by atoms with E-state index in [-0.39, 0.29) is 5.54 Å². The van der Waals surface area contributed by atoms with Crippen LogP contribution in [0.1, 0.15) is 20.8 Å². The molecule has 0 heterocycles. The second-order valence-electron chi connectivity index (χ2n) is 4.80. The Balaban J connectivity index is 2.56. The van der Waals surface area contributed by atoms with Crippen molar-refractivity contribution in [1.29, 1.82) is 0 Å². The van der Waals surface area contributed by atoms with E-state index in [0.29, 0.717) is 22.3 Å². The minimum absolute atomic E-state index is 0.0435. The molecule has 96 valence electrons. The molecule has 0 aromatic heterocycles. The fraction of sp³-hybridized carbons (Fsp3) is 0.500. The lowest BCUT2D eigenvalue weighted by Crippen LogP contribution is -2.38. The second-order valence-corrected chi connectivity index (χ2v) is 7.19. The zero-order valence-electron chi connectivity index (χ0n) is 10.2. The number of hydrogen-bond acceptors (Lipinski definition) is 2. The SMILES string of the molecule is CC(C)(C)NCCS(=O)c1ccc(Cl)c(Cl)c1. The molecule has 0 saturated heterocycles. The molecular weight excluding hydrogens is 277 g/mol. The van der Waals surface area contributed by atoms with Crippen LogP contribution in [-0.4, -0.2) is 22.0 Å². The smallest absolute Gasteiger partial charge is 0.0604 e. The number of nitrogens with one attached hydrogen (secondary N) is 1. The highest BCUT2D eigenvalue weighted by molar-refractivity contribution is 7.85. The van der Waals surface area contributed by atoms with Crippen LogP contribution in [0.25, 0.3) is 0 Å². The zero-order valence-corrected chi connectivity index (χ0v) is 12.5. The van der Waals surface area contributed by atoms with Crippen molar-refractivity contribution in [3.8, 4) is 0 Å². The molecule has 0 spiro atoms. The number of halogens is 2. The molecule has 1 aromatic rings. The Morgan fingerprint density at radius 3 is 2.41 bits per heavy atom. The summed E-state index contributed by atoms with van der Waals surface area (Å²) in [7, 11) is -1.04. The monoisotopic (exact) mass is 293 g/mol. The van der Waals surface area contributed by atoms with Gasteiger partial charge in [-0.15, -0.1) is 0 Å². The Hall–Kier alpha value is -0.0900. The molecular formula is C12H17Cl2NOS. The molecule has 0 bridgehead atoms. The van der Waals surface area contributed by atoms with Crippen LogP contribution in [0.2, 0.25) is 10.0 Å². The van der Waals surface area contributed by atoms with Gasteiger partial charge in [0.15, 0.2) is 0 Å². The first-order chi connectivity index (χ1) is 7.79. The van der Waals surface area contributed by atoms with Crippen LogP contribution in [0, 0.1) is 0 Å². The van der Waals surface area contributed by atoms with Crippen LogP contribution in [-0.2, 0) is 10.8 Å². The minimum atomic E-state index is -1.04. The predicted molar refractivity (Wildman–Crippen MR) is 75.5 cm³/mol. The van der Waals surface area contributed by atoms with Crippen molar-refractivity contribution in [2.24, 2.45) is 0 Å². The number of benzene rings is 1. The largest absolute Gasteiger partial charge is 0.311 e. The molecule has 1 atom stereocenters. The summed E-state index contributed by atoms with van der Waals surface area (Å²) in [5.74, 6) is 0.565. The maximum atomic E-state index is 12.0. The third-order valence-corrected chi connectivity index (χ3v) is 4.19. The normalized spacial score (nSPS) is 13.7. The summed E-state index contributed by atoms with van der Waals surface area (Å²) in [6.07, 6.45) is 0. The number of hydrogen-bond donors (Lipinski definition) is 1. The molecule has 1 rings (SSSR count). The van der Waals surface area contributed by atoms with Crippen LogP contribution < -0.4 is 5.32 Å². The zero-order chi connectivity index (χ0) is 13.1.